The molecular weight excluding hydrogens is 344 g/mol. The number of hydrogen-bond donors (Lipinski definition) is 0. The Labute approximate surface area is 146 Å². The van der Waals surface area contributed by atoms with Crippen LogP contribution >= 0.6 is 0 Å². The summed E-state index contributed by atoms with van der Waals surface area (Å²) in [5.74, 6) is -2.03. The van der Waals surface area contributed by atoms with E-state index in [4.69, 9.17) is 4.84 Å². The predicted molar refractivity (Wildman–Crippen MR) is 86.2 cm³/mol. The van der Waals surface area contributed by atoms with Crippen LogP contribution < -0.4 is 0 Å². The van der Waals surface area contributed by atoms with Crippen LogP contribution in [-0.2, 0) is 16.2 Å². The van der Waals surface area contributed by atoms with Crippen molar-refractivity contribution in [2.24, 2.45) is 0 Å². The number of rotatable bonds is 5. The summed E-state index contributed by atoms with van der Waals surface area (Å²) in [7, 11) is 1.13. The molecule has 0 saturated heterocycles. The SMILES string of the molecule is COC(=O)c1cc([N+](=O)[O-])ccc1CON1C(=O)c2ccccc2C1=O. The number of imide groups is 1. The Morgan fingerprint density at radius 1 is 1.12 bits per heavy atom. The van der Waals surface area contributed by atoms with Crippen LogP contribution in [0, 0.1) is 10.1 Å². The van der Waals surface area contributed by atoms with Gasteiger partial charge in [-0.15, -0.1) is 5.06 Å². The van der Waals surface area contributed by atoms with Gasteiger partial charge in [0.15, 0.2) is 0 Å². The number of methoxy groups -OCH3 is 1. The summed E-state index contributed by atoms with van der Waals surface area (Å²) in [5, 5.41) is 11.5. The fourth-order valence-corrected chi connectivity index (χ4v) is 2.52. The highest BCUT2D eigenvalue weighted by atomic mass is 16.7. The zero-order valence-electron chi connectivity index (χ0n) is 13.5. The van der Waals surface area contributed by atoms with Gasteiger partial charge in [0.05, 0.1) is 28.7 Å². The number of ether oxygens (including phenoxy) is 1. The highest BCUT2D eigenvalue weighted by Gasteiger charge is 2.36. The number of nitrogens with zero attached hydrogens (tertiary/aromatic N) is 2. The number of carbonyl (C=O) groups excluding carboxylic acids is 3. The normalized spacial score (nSPS) is 12.9. The van der Waals surface area contributed by atoms with Crippen molar-refractivity contribution in [2.45, 2.75) is 6.61 Å². The van der Waals surface area contributed by atoms with Crippen molar-refractivity contribution < 1.29 is 28.9 Å². The van der Waals surface area contributed by atoms with Gasteiger partial charge < -0.3 is 4.74 Å². The number of non-ortho nitro benzene ring substituents is 1. The zero-order valence-corrected chi connectivity index (χ0v) is 13.5. The Hall–Kier alpha value is -3.59. The molecule has 0 aliphatic carbocycles. The third-order valence-corrected chi connectivity index (χ3v) is 3.82. The van der Waals surface area contributed by atoms with Gasteiger partial charge >= 0.3 is 5.97 Å². The Morgan fingerprint density at radius 2 is 1.73 bits per heavy atom. The minimum absolute atomic E-state index is 0.0849. The summed E-state index contributed by atoms with van der Waals surface area (Å²) in [5.41, 5.74) is 0.288. The Morgan fingerprint density at radius 3 is 2.27 bits per heavy atom. The van der Waals surface area contributed by atoms with Crippen LogP contribution in [0.1, 0.15) is 36.6 Å². The van der Waals surface area contributed by atoms with Gasteiger partial charge in [-0.25, -0.2) is 4.79 Å². The second-order valence-electron chi connectivity index (χ2n) is 5.31. The Balaban J connectivity index is 1.84. The molecule has 9 heteroatoms. The monoisotopic (exact) mass is 356 g/mol. The molecule has 0 aromatic heterocycles. The molecule has 3 rings (SSSR count). The van der Waals surface area contributed by atoms with Gasteiger partial charge in [0, 0.05) is 12.1 Å². The average molecular weight is 356 g/mol. The van der Waals surface area contributed by atoms with Crippen LogP contribution in [0.25, 0.3) is 0 Å². The maximum atomic E-state index is 12.2. The summed E-state index contributed by atoms with van der Waals surface area (Å²) in [6, 6.07) is 9.80. The van der Waals surface area contributed by atoms with Gasteiger partial charge in [-0.2, -0.15) is 0 Å². The molecule has 0 fully saturated rings. The first-order valence-corrected chi connectivity index (χ1v) is 7.40. The van der Waals surface area contributed by atoms with Crippen molar-refractivity contribution in [2.75, 3.05) is 7.11 Å². The molecule has 1 heterocycles. The summed E-state index contributed by atoms with van der Waals surface area (Å²) in [4.78, 5) is 51.9. The lowest BCUT2D eigenvalue weighted by Gasteiger charge is -2.14. The van der Waals surface area contributed by atoms with Crippen LogP contribution in [0.2, 0.25) is 0 Å². The second-order valence-corrected chi connectivity index (χ2v) is 5.31. The van der Waals surface area contributed by atoms with E-state index in [0.717, 1.165) is 13.2 Å². The molecule has 0 unspecified atom stereocenters. The summed E-state index contributed by atoms with van der Waals surface area (Å²) in [6.07, 6.45) is 0. The molecular formula is C17H12N2O7. The lowest BCUT2D eigenvalue weighted by atomic mass is 10.1. The maximum Gasteiger partial charge on any atom is 0.338 e. The topological polar surface area (TPSA) is 116 Å². The van der Waals surface area contributed by atoms with Crippen molar-refractivity contribution in [3.8, 4) is 0 Å². The number of fused-ring (bicyclic) bond motifs is 1. The first-order valence-electron chi connectivity index (χ1n) is 7.40. The minimum atomic E-state index is -0.797. The van der Waals surface area contributed by atoms with Gasteiger partial charge in [0.1, 0.15) is 6.61 Å². The summed E-state index contributed by atoms with van der Waals surface area (Å²) in [6.45, 7) is -0.325. The van der Waals surface area contributed by atoms with E-state index in [1.54, 1.807) is 12.1 Å². The van der Waals surface area contributed by atoms with Crippen LogP contribution in [0.15, 0.2) is 42.5 Å². The quantitative estimate of drug-likeness (QED) is 0.348. The highest BCUT2D eigenvalue weighted by Crippen LogP contribution is 2.25. The predicted octanol–water partition coefficient (Wildman–Crippen LogP) is 2.11. The molecule has 26 heavy (non-hydrogen) atoms. The van der Waals surface area contributed by atoms with E-state index in [9.17, 15) is 24.5 Å². The Kier molecular flexibility index (Phi) is 4.46. The van der Waals surface area contributed by atoms with Crippen molar-refractivity contribution in [3.63, 3.8) is 0 Å². The molecule has 0 N–H and O–H groups in total. The first-order chi connectivity index (χ1) is 12.4. The molecule has 132 valence electrons. The molecule has 0 radical (unpaired) electrons. The standard InChI is InChI=1S/C17H12N2O7/c1-25-17(22)14-8-11(19(23)24)7-6-10(14)9-26-18-15(20)12-4-2-3-5-13(12)16(18)21/h2-8H,9H2,1H3. The first kappa shape index (κ1) is 17.2. The van der Waals surface area contributed by atoms with Crippen molar-refractivity contribution in [3.05, 3.63) is 74.8 Å². The third-order valence-electron chi connectivity index (χ3n) is 3.82. The van der Waals surface area contributed by atoms with E-state index in [-0.39, 0.29) is 34.5 Å². The third kappa shape index (κ3) is 2.91. The number of benzene rings is 2. The van der Waals surface area contributed by atoms with E-state index in [1.807, 2.05) is 0 Å². The number of hydroxylamine groups is 2. The molecule has 1 aliphatic rings. The lowest BCUT2D eigenvalue weighted by Crippen LogP contribution is -2.30. The van der Waals surface area contributed by atoms with Gasteiger partial charge in [-0.1, -0.05) is 12.1 Å². The van der Waals surface area contributed by atoms with Gasteiger partial charge in [0.25, 0.3) is 17.5 Å². The van der Waals surface area contributed by atoms with Gasteiger partial charge in [-0.05, 0) is 23.8 Å². The molecule has 2 aromatic carbocycles. The summed E-state index contributed by atoms with van der Waals surface area (Å²) >= 11 is 0. The number of hydrogen-bond acceptors (Lipinski definition) is 7. The maximum absolute atomic E-state index is 12.2. The molecule has 2 amide bonds. The molecule has 1 aliphatic heterocycles. The summed E-state index contributed by atoms with van der Waals surface area (Å²) < 4.78 is 4.61. The van der Waals surface area contributed by atoms with Gasteiger partial charge in [0.2, 0.25) is 0 Å². The van der Waals surface area contributed by atoms with E-state index in [2.05, 4.69) is 4.74 Å². The van der Waals surface area contributed by atoms with Crippen molar-refractivity contribution in [1.29, 1.82) is 0 Å². The molecule has 0 saturated carbocycles. The number of nitro groups is 1. The zero-order chi connectivity index (χ0) is 18.8. The van der Waals surface area contributed by atoms with Crippen LogP contribution in [0.5, 0.6) is 0 Å². The van der Waals surface area contributed by atoms with Crippen LogP contribution in [0.4, 0.5) is 5.69 Å². The largest absolute Gasteiger partial charge is 0.465 e. The number of esters is 1. The van der Waals surface area contributed by atoms with Crippen molar-refractivity contribution in [1.82, 2.24) is 5.06 Å². The number of carbonyl (C=O) groups is 3. The molecule has 0 bridgehead atoms. The molecule has 2 aromatic rings. The second kappa shape index (κ2) is 6.73. The van der Waals surface area contributed by atoms with Crippen LogP contribution in [0.3, 0.4) is 0 Å². The van der Waals surface area contributed by atoms with Crippen molar-refractivity contribution >= 4 is 23.5 Å². The average Bonchev–Trinajstić information content (AvgIpc) is 2.90. The molecule has 0 atom stereocenters. The number of amides is 2. The molecule has 9 nitrogen and oxygen atoms in total. The van der Waals surface area contributed by atoms with E-state index >= 15 is 0 Å². The Bertz CT molecular complexity index is 903. The van der Waals surface area contributed by atoms with Crippen LogP contribution in [-0.4, -0.2) is 34.9 Å². The van der Waals surface area contributed by atoms with E-state index in [1.165, 1.54) is 24.3 Å². The fourth-order valence-electron chi connectivity index (χ4n) is 2.52. The number of nitro benzene ring substituents is 1. The fraction of sp³-hybridized carbons (Fsp3) is 0.118. The molecule has 0 spiro atoms. The van der Waals surface area contributed by atoms with Gasteiger partial charge in [-0.3, -0.25) is 24.5 Å². The van der Waals surface area contributed by atoms with E-state index < -0.39 is 22.7 Å². The minimum Gasteiger partial charge on any atom is -0.465 e. The smallest absolute Gasteiger partial charge is 0.338 e. The highest BCUT2D eigenvalue weighted by molar-refractivity contribution is 6.20. The lowest BCUT2D eigenvalue weighted by molar-refractivity contribution is -0.384. The van der Waals surface area contributed by atoms with E-state index in [0.29, 0.717) is 5.06 Å².